The Balaban J connectivity index is 0.00000439. The fourth-order valence-corrected chi connectivity index (χ4v) is 11.9. The summed E-state index contributed by atoms with van der Waals surface area (Å²) in [5.41, 5.74) is 0. The standard InChI is InChI=1S/C48H80O40.Ca.2H/c49-1-9-33-17(57)25(65)41(73-9)82-34-10(2-50)75-43(27(67)19(34)59)84-36-12(4-52)77-45(29(69)21(36)61)86-38-14(6-54)79-47(31(71)23(38)63)88-40-16(8-56)80-48(32(72)24(40)64)87-39-15(7-55)78-46(30(70)22(39)62)85-37-13(5-53)76-44(28(68)20(37)60)83-35-11(3-51)74-42(81-33)26(66)18(35)58;;;/h9-72H,1-8H2;;;/q;+2;2*-1/t9-,10-,11-,12-,13-,14-,15-,16-,17-,18-,19-,20-,21-,22-,23-,24-,25-,26-,27-,28-,29-,30-,31-,32-,33-,34-,35-,36-,37-,38-,39-,40-,41-,42-,43-,44-,45-,46-,47-,48-;;;/m1.../s1. The van der Waals surface area contributed by atoms with Crippen molar-refractivity contribution >= 4 is 37.7 Å². The number of hydrogen-bond acceptors (Lipinski definition) is 40. The van der Waals surface area contributed by atoms with Gasteiger partial charge in [-0.15, -0.1) is 0 Å². The Hall–Kier alpha value is -0.340. The van der Waals surface area contributed by atoms with Gasteiger partial charge in [0.05, 0.1) is 52.9 Å². The molecule has 0 spiro atoms. The molecule has 0 unspecified atom stereocenters. The van der Waals surface area contributed by atoms with Crippen molar-refractivity contribution in [3.05, 3.63) is 0 Å². The van der Waals surface area contributed by atoms with Gasteiger partial charge < -0.3 is 201 Å². The summed E-state index contributed by atoms with van der Waals surface area (Å²) >= 11 is 0. The second-order valence-corrected chi connectivity index (χ2v) is 22.5. The Morgan fingerprint density at radius 1 is 0.157 bits per heavy atom. The maximum Gasteiger partial charge on any atom is 2.00 e. The van der Waals surface area contributed by atoms with Crippen LogP contribution in [0.2, 0.25) is 0 Å². The SMILES string of the molecule is OC[C@H]1O[C@@H]2O[C@H]3[C@H](O)[C@@H](O)[C@@H](O[C@H]4[C@H](O)[C@@H](O)[C@@H](O[C@H]5[C@H](O)[C@@H](O)[C@@H](O[C@H]6[C@H](O)[C@@H](O)[C@@H](O[C@H]7[C@H](O)[C@@H](O)[C@@H](O[C@H]8[C@H](O)[C@@H](O)[C@@H](O[C@H]9[C@H](O)[C@@H](O)[C@@H](O[C@H]1[C@H](O)[C@H]2O)O[C@@H]9CO)O[C@@H]8CO)O[C@@H]7CO)O[C@@H]6CO)O[C@@H]5CO)O[C@@H]4CO)O[C@@H]3CO.[Ca+2].[H-].[H-]. The van der Waals surface area contributed by atoms with E-state index in [0.29, 0.717) is 0 Å². The van der Waals surface area contributed by atoms with Crippen molar-refractivity contribution in [2.24, 2.45) is 0 Å². The quantitative estimate of drug-likeness (QED) is 0.100. The largest absolute Gasteiger partial charge is 2.00 e. The first-order valence-electron chi connectivity index (χ1n) is 28.1. The summed E-state index contributed by atoms with van der Waals surface area (Å²) in [5.74, 6) is 0. The van der Waals surface area contributed by atoms with Crippen LogP contribution < -0.4 is 0 Å². The summed E-state index contributed by atoms with van der Waals surface area (Å²) < 4.78 is 91.1. The van der Waals surface area contributed by atoms with E-state index in [0.717, 1.165) is 0 Å². The molecule has 40 nitrogen and oxygen atoms in total. The van der Waals surface area contributed by atoms with Gasteiger partial charge in [-0.05, 0) is 0 Å². The van der Waals surface area contributed by atoms with Gasteiger partial charge >= 0.3 is 37.7 Å². The summed E-state index contributed by atoms with van der Waals surface area (Å²) in [6.07, 6.45) is -82.0. The van der Waals surface area contributed by atoms with Crippen LogP contribution in [0.3, 0.4) is 0 Å². The third-order valence-corrected chi connectivity index (χ3v) is 16.9. The average Bonchev–Trinajstić information content (AvgIpc) is 0.851. The molecule has 0 saturated carbocycles. The van der Waals surface area contributed by atoms with Crippen molar-refractivity contribution in [1.29, 1.82) is 0 Å². The van der Waals surface area contributed by atoms with Crippen LogP contribution >= 0.6 is 0 Å². The molecular weight excluding hydrogens is 1260 g/mol. The zero-order chi connectivity index (χ0) is 64.1. The molecule has 0 radical (unpaired) electrons. The molecule has 41 heteroatoms. The van der Waals surface area contributed by atoms with Crippen molar-refractivity contribution in [3.8, 4) is 0 Å². The zero-order valence-corrected chi connectivity index (χ0v) is 48.9. The monoisotopic (exact) mass is 1340 g/mol. The Morgan fingerprint density at radius 2 is 0.247 bits per heavy atom. The minimum atomic E-state index is -2.25. The molecule has 16 bridgehead atoms. The fraction of sp³-hybridized carbons (Fsp3) is 1.00. The average molecular weight is 1340 g/mol. The molecule has 0 aromatic heterocycles. The normalized spacial score (nSPS) is 54.7. The minimum Gasteiger partial charge on any atom is -1.00 e. The topological polar surface area (TPSA) is 633 Å². The molecule has 30 fully saturated rings. The van der Waals surface area contributed by atoms with Crippen LogP contribution in [-0.2, 0) is 75.8 Å². The van der Waals surface area contributed by atoms with Gasteiger partial charge in [-0.1, -0.05) is 0 Å². The van der Waals surface area contributed by atoms with Crippen molar-refractivity contribution in [2.75, 3.05) is 52.9 Å². The summed E-state index contributed by atoms with van der Waals surface area (Å²) in [6.45, 7) is -8.64. The molecule has 0 aliphatic carbocycles. The van der Waals surface area contributed by atoms with Gasteiger partial charge in [0.25, 0.3) is 0 Å². The maximum absolute atomic E-state index is 11.4. The first-order chi connectivity index (χ1) is 41.9. The van der Waals surface area contributed by atoms with Crippen LogP contribution in [0.1, 0.15) is 2.85 Å². The Labute approximate surface area is 535 Å². The van der Waals surface area contributed by atoms with Gasteiger partial charge in [0.1, 0.15) is 195 Å². The number of aliphatic hydroxyl groups is 24. The molecular formula is C48H82CaO40. The second kappa shape index (κ2) is 31.9. The molecule has 30 heterocycles. The minimum absolute atomic E-state index is 0. The molecule has 30 aliphatic heterocycles. The molecule has 30 saturated heterocycles. The first kappa shape index (κ1) is 74.5. The van der Waals surface area contributed by atoms with Crippen LogP contribution in [-0.4, -0.2) is 459 Å². The Bertz CT molecular complexity index is 1730. The van der Waals surface area contributed by atoms with Gasteiger partial charge in [0, 0.05) is 0 Å². The third-order valence-electron chi connectivity index (χ3n) is 16.9. The van der Waals surface area contributed by atoms with E-state index >= 15 is 0 Å². The van der Waals surface area contributed by atoms with E-state index in [2.05, 4.69) is 0 Å². The third kappa shape index (κ3) is 14.9. The molecule has 516 valence electrons. The van der Waals surface area contributed by atoms with Crippen LogP contribution in [0.4, 0.5) is 0 Å². The molecule has 30 rings (SSSR count). The second-order valence-electron chi connectivity index (χ2n) is 22.5. The summed E-state index contributed by atoms with van der Waals surface area (Å²) in [4.78, 5) is 0. The van der Waals surface area contributed by atoms with E-state index < -0.39 is 299 Å². The number of ether oxygens (including phenoxy) is 16. The van der Waals surface area contributed by atoms with Gasteiger partial charge in [-0.2, -0.15) is 0 Å². The molecule has 0 aromatic rings. The maximum atomic E-state index is 11.4. The van der Waals surface area contributed by atoms with Crippen LogP contribution in [0.5, 0.6) is 0 Å². The van der Waals surface area contributed by atoms with E-state index in [9.17, 15) is 123 Å². The van der Waals surface area contributed by atoms with Crippen molar-refractivity contribution in [2.45, 2.75) is 246 Å². The van der Waals surface area contributed by atoms with Gasteiger partial charge in [0.2, 0.25) is 0 Å². The van der Waals surface area contributed by atoms with Gasteiger partial charge in [-0.3, -0.25) is 0 Å². The Kier molecular flexibility index (Phi) is 26.7. The summed E-state index contributed by atoms with van der Waals surface area (Å²) in [5, 5.41) is 265. The summed E-state index contributed by atoms with van der Waals surface area (Å²) in [6, 6.07) is 0. The molecule has 30 aliphatic rings. The van der Waals surface area contributed by atoms with Gasteiger partial charge in [-0.25, -0.2) is 0 Å². The molecule has 0 aromatic carbocycles. The van der Waals surface area contributed by atoms with E-state index in [1.165, 1.54) is 0 Å². The van der Waals surface area contributed by atoms with Crippen LogP contribution in [0, 0.1) is 0 Å². The van der Waals surface area contributed by atoms with Crippen LogP contribution in [0.25, 0.3) is 0 Å². The van der Waals surface area contributed by atoms with E-state index in [-0.39, 0.29) is 40.6 Å². The van der Waals surface area contributed by atoms with Gasteiger partial charge in [0.15, 0.2) is 50.3 Å². The van der Waals surface area contributed by atoms with E-state index in [1.807, 2.05) is 0 Å². The molecule has 40 atom stereocenters. The van der Waals surface area contributed by atoms with Crippen molar-refractivity contribution in [1.82, 2.24) is 0 Å². The number of aliphatic hydroxyl groups excluding tert-OH is 24. The zero-order valence-electron chi connectivity index (χ0n) is 48.7. The molecule has 0 amide bonds. The summed E-state index contributed by atoms with van der Waals surface area (Å²) in [7, 11) is 0. The fourth-order valence-electron chi connectivity index (χ4n) is 11.9. The predicted octanol–water partition coefficient (Wildman–Crippen LogP) is -17.6. The molecule has 24 N–H and O–H groups in total. The smallest absolute Gasteiger partial charge is 1.00 e. The van der Waals surface area contributed by atoms with E-state index in [4.69, 9.17) is 75.8 Å². The first-order valence-corrected chi connectivity index (χ1v) is 28.1. The van der Waals surface area contributed by atoms with E-state index in [1.54, 1.807) is 0 Å². The predicted molar refractivity (Wildman–Crippen MR) is 269 cm³/mol. The van der Waals surface area contributed by atoms with Crippen LogP contribution in [0.15, 0.2) is 0 Å². The Morgan fingerprint density at radius 3 is 0.326 bits per heavy atom. The van der Waals surface area contributed by atoms with Crippen molar-refractivity contribution in [3.63, 3.8) is 0 Å². The molecule has 89 heavy (non-hydrogen) atoms. The number of rotatable bonds is 8. The van der Waals surface area contributed by atoms with Crippen molar-refractivity contribution < 1.29 is 201 Å². The number of hydrogen-bond donors (Lipinski definition) is 24.